The van der Waals surface area contributed by atoms with Gasteiger partial charge in [-0.2, -0.15) is 0 Å². The molecule has 2 fully saturated rings. The molecule has 1 amide bonds. The summed E-state index contributed by atoms with van der Waals surface area (Å²) in [5.41, 5.74) is 2.31. The maximum Gasteiger partial charge on any atom is 0.254 e. The Balaban J connectivity index is 1.82. The summed E-state index contributed by atoms with van der Waals surface area (Å²) in [5.74, 6) is 0.277. The molecule has 0 spiro atoms. The van der Waals surface area contributed by atoms with E-state index < -0.39 is 0 Å². The lowest BCUT2D eigenvalue weighted by atomic mass is 9.86. The van der Waals surface area contributed by atoms with Crippen molar-refractivity contribution in [1.82, 2.24) is 4.90 Å². The number of rotatable bonds is 3. The van der Waals surface area contributed by atoms with Gasteiger partial charge in [-0.3, -0.25) is 4.79 Å². The van der Waals surface area contributed by atoms with E-state index in [9.17, 15) is 4.79 Å². The van der Waals surface area contributed by atoms with Crippen LogP contribution in [0.2, 0.25) is 0 Å². The Morgan fingerprint density at radius 3 is 1.64 bits per heavy atom. The van der Waals surface area contributed by atoms with Crippen LogP contribution in [0.3, 0.4) is 0 Å². The summed E-state index contributed by atoms with van der Waals surface area (Å²) in [7, 11) is 0. The lowest BCUT2D eigenvalue weighted by Gasteiger charge is -2.42. The van der Waals surface area contributed by atoms with E-state index in [1.165, 1.54) is 69.8 Å². The molecule has 2 aliphatic carbocycles. The van der Waals surface area contributed by atoms with Crippen LogP contribution in [0.25, 0.3) is 0 Å². The minimum Gasteiger partial charge on any atom is -0.333 e. The second-order valence-corrected chi connectivity index (χ2v) is 9.12. The summed E-state index contributed by atoms with van der Waals surface area (Å²) in [6.07, 6.45) is 12.6. The SMILES string of the molecule is CC(C)(C)c1ccc(C(=O)N(C2CCCCC2)C2CCCCC2)cc1. The van der Waals surface area contributed by atoms with Crippen molar-refractivity contribution < 1.29 is 4.79 Å². The van der Waals surface area contributed by atoms with Crippen molar-refractivity contribution in [3.63, 3.8) is 0 Å². The fourth-order valence-corrected chi connectivity index (χ4v) is 4.61. The molecule has 0 bridgehead atoms. The Morgan fingerprint density at radius 2 is 1.24 bits per heavy atom. The Hall–Kier alpha value is -1.31. The molecule has 1 aromatic carbocycles. The van der Waals surface area contributed by atoms with Crippen LogP contribution in [0.4, 0.5) is 0 Å². The van der Waals surface area contributed by atoms with Crippen LogP contribution >= 0.6 is 0 Å². The van der Waals surface area contributed by atoms with Crippen molar-refractivity contribution in [1.29, 1.82) is 0 Å². The summed E-state index contributed by atoms with van der Waals surface area (Å²) in [5, 5.41) is 0. The van der Waals surface area contributed by atoms with Gasteiger partial charge in [-0.15, -0.1) is 0 Å². The summed E-state index contributed by atoms with van der Waals surface area (Å²) < 4.78 is 0. The molecule has 0 aromatic heterocycles. The molecular weight excluding hydrogens is 306 g/mol. The Morgan fingerprint density at radius 1 is 0.800 bits per heavy atom. The number of hydrogen-bond acceptors (Lipinski definition) is 1. The summed E-state index contributed by atoms with van der Waals surface area (Å²) in [4.78, 5) is 15.7. The third-order valence-corrected chi connectivity index (χ3v) is 6.17. The highest BCUT2D eigenvalue weighted by Gasteiger charge is 2.33. The molecule has 0 unspecified atom stereocenters. The van der Waals surface area contributed by atoms with Crippen molar-refractivity contribution >= 4 is 5.91 Å². The zero-order valence-corrected chi connectivity index (χ0v) is 16.4. The number of hydrogen-bond donors (Lipinski definition) is 0. The van der Waals surface area contributed by atoms with E-state index in [-0.39, 0.29) is 11.3 Å². The van der Waals surface area contributed by atoms with Crippen molar-refractivity contribution in [2.45, 2.75) is 102 Å². The first kappa shape index (κ1) is 18.5. The highest BCUT2D eigenvalue weighted by atomic mass is 16.2. The lowest BCUT2D eigenvalue weighted by Crippen LogP contribution is -2.48. The predicted octanol–water partition coefficient (Wildman–Crippen LogP) is 6.09. The van der Waals surface area contributed by atoms with E-state index in [4.69, 9.17) is 0 Å². The van der Waals surface area contributed by atoms with Crippen LogP contribution in [0.15, 0.2) is 24.3 Å². The molecule has 2 nitrogen and oxygen atoms in total. The molecule has 1 aromatic rings. The molecule has 2 aliphatic rings. The van der Waals surface area contributed by atoms with Crippen molar-refractivity contribution in [2.75, 3.05) is 0 Å². The second-order valence-electron chi connectivity index (χ2n) is 9.12. The van der Waals surface area contributed by atoms with Crippen LogP contribution in [0, 0.1) is 0 Å². The van der Waals surface area contributed by atoms with Gasteiger partial charge in [-0.1, -0.05) is 71.4 Å². The summed E-state index contributed by atoms with van der Waals surface area (Å²) >= 11 is 0. The minimum atomic E-state index is 0.133. The van der Waals surface area contributed by atoms with E-state index in [0.29, 0.717) is 12.1 Å². The van der Waals surface area contributed by atoms with E-state index >= 15 is 0 Å². The second kappa shape index (κ2) is 7.93. The molecular formula is C23H35NO. The number of carbonyl (C=O) groups is 1. The standard InChI is InChI=1S/C23H35NO/c1-23(2,3)19-16-14-18(15-17-19)22(25)24(20-10-6-4-7-11-20)21-12-8-5-9-13-21/h14-17,20-21H,4-13H2,1-3H3. The van der Waals surface area contributed by atoms with Crippen molar-refractivity contribution in [3.8, 4) is 0 Å². The Kier molecular flexibility index (Phi) is 5.86. The Labute approximate surface area is 154 Å². The van der Waals surface area contributed by atoms with Crippen molar-refractivity contribution in [2.24, 2.45) is 0 Å². The quantitative estimate of drug-likeness (QED) is 0.651. The molecule has 0 heterocycles. The third-order valence-electron chi connectivity index (χ3n) is 6.17. The number of carbonyl (C=O) groups excluding carboxylic acids is 1. The van der Waals surface area contributed by atoms with Gasteiger partial charge in [0.1, 0.15) is 0 Å². The molecule has 0 N–H and O–H groups in total. The van der Waals surface area contributed by atoms with E-state index in [2.05, 4.69) is 49.9 Å². The number of amides is 1. The molecule has 2 heteroatoms. The zero-order valence-electron chi connectivity index (χ0n) is 16.4. The van der Waals surface area contributed by atoms with Gasteiger partial charge < -0.3 is 4.90 Å². The highest BCUT2D eigenvalue weighted by molar-refractivity contribution is 5.94. The molecule has 0 radical (unpaired) electrons. The highest BCUT2D eigenvalue weighted by Crippen LogP contribution is 2.32. The van der Waals surface area contributed by atoms with E-state index in [1.807, 2.05) is 0 Å². The fourth-order valence-electron chi connectivity index (χ4n) is 4.61. The van der Waals surface area contributed by atoms with Gasteiger partial charge in [0.15, 0.2) is 0 Å². The van der Waals surface area contributed by atoms with E-state index in [0.717, 1.165) is 5.56 Å². The Bertz CT molecular complexity index is 539. The molecule has 2 saturated carbocycles. The van der Waals surface area contributed by atoms with Gasteiger partial charge in [0.2, 0.25) is 0 Å². The first-order chi connectivity index (χ1) is 12.0. The van der Waals surface area contributed by atoms with Crippen LogP contribution < -0.4 is 0 Å². The molecule has 0 saturated heterocycles. The number of nitrogens with zero attached hydrogens (tertiary/aromatic N) is 1. The van der Waals surface area contributed by atoms with Gasteiger partial charge in [0, 0.05) is 17.6 Å². The summed E-state index contributed by atoms with van der Waals surface area (Å²) in [6.45, 7) is 6.67. The average molecular weight is 342 g/mol. The zero-order chi connectivity index (χ0) is 17.9. The van der Waals surface area contributed by atoms with Gasteiger partial charge in [-0.05, 0) is 48.8 Å². The lowest BCUT2D eigenvalue weighted by molar-refractivity contribution is 0.0448. The largest absolute Gasteiger partial charge is 0.333 e. The predicted molar refractivity (Wildman–Crippen MR) is 105 cm³/mol. The minimum absolute atomic E-state index is 0.133. The fraction of sp³-hybridized carbons (Fsp3) is 0.696. The molecule has 3 rings (SSSR count). The number of benzene rings is 1. The maximum atomic E-state index is 13.4. The van der Waals surface area contributed by atoms with Crippen LogP contribution in [0.5, 0.6) is 0 Å². The molecule has 25 heavy (non-hydrogen) atoms. The molecule has 138 valence electrons. The van der Waals surface area contributed by atoms with Crippen LogP contribution in [-0.2, 0) is 5.41 Å². The molecule has 0 aliphatic heterocycles. The normalized spacial score (nSPS) is 20.4. The van der Waals surface area contributed by atoms with Crippen molar-refractivity contribution in [3.05, 3.63) is 35.4 Å². The van der Waals surface area contributed by atoms with Crippen LogP contribution in [-0.4, -0.2) is 22.9 Å². The van der Waals surface area contributed by atoms with Gasteiger partial charge in [0.25, 0.3) is 5.91 Å². The third kappa shape index (κ3) is 4.46. The first-order valence-corrected chi connectivity index (χ1v) is 10.4. The van der Waals surface area contributed by atoms with Gasteiger partial charge in [-0.25, -0.2) is 0 Å². The topological polar surface area (TPSA) is 20.3 Å². The average Bonchev–Trinajstić information content (AvgIpc) is 2.63. The monoisotopic (exact) mass is 341 g/mol. The van der Waals surface area contributed by atoms with E-state index in [1.54, 1.807) is 0 Å². The maximum absolute atomic E-state index is 13.4. The smallest absolute Gasteiger partial charge is 0.254 e. The summed E-state index contributed by atoms with van der Waals surface area (Å²) in [6, 6.07) is 9.34. The van der Waals surface area contributed by atoms with Gasteiger partial charge >= 0.3 is 0 Å². The first-order valence-electron chi connectivity index (χ1n) is 10.4. The van der Waals surface area contributed by atoms with Gasteiger partial charge in [0.05, 0.1) is 0 Å². The van der Waals surface area contributed by atoms with Crippen LogP contribution in [0.1, 0.15) is 101 Å². The molecule has 0 atom stereocenters.